The summed E-state index contributed by atoms with van der Waals surface area (Å²) in [5.74, 6) is 1.20. The lowest BCUT2D eigenvalue weighted by Gasteiger charge is -2.28. The minimum atomic E-state index is -0.514. The average molecular weight is 585 g/mol. The first kappa shape index (κ1) is 27.0. The quantitative estimate of drug-likeness (QED) is 0.280. The van der Waals surface area contributed by atoms with Gasteiger partial charge < -0.3 is 20.1 Å². The maximum atomic E-state index is 14.9. The molecular formula is C32H33FN6O2S. The van der Waals surface area contributed by atoms with Crippen LogP contribution >= 0.6 is 11.3 Å². The molecule has 2 fully saturated rings. The number of aromatic nitrogens is 3. The smallest absolute Gasteiger partial charge is 0.274 e. The summed E-state index contributed by atoms with van der Waals surface area (Å²) in [6.45, 7) is 2.08. The maximum absolute atomic E-state index is 14.9. The number of thiophene rings is 1. The Morgan fingerprint density at radius 3 is 2.48 bits per heavy atom. The molecule has 8 nitrogen and oxygen atoms in total. The van der Waals surface area contributed by atoms with E-state index in [-0.39, 0.29) is 17.2 Å². The van der Waals surface area contributed by atoms with Crippen molar-refractivity contribution in [3.63, 3.8) is 0 Å². The molecular weight excluding hydrogens is 551 g/mol. The summed E-state index contributed by atoms with van der Waals surface area (Å²) >= 11 is 1.54. The minimum Gasteiger partial charge on any atom is -0.334 e. The Hall–Kier alpha value is -3.89. The van der Waals surface area contributed by atoms with Crippen LogP contribution in [0.3, 0.4) is 0 Å². The van der Waals surface area contributed by atoms with E-state index in [0.717, 1.165) is 31.6 Å². The van der Waals surface area contributed by atoms with Crippen molar-refractivity contribution < 1.29 is 9.18 Å². The molecule has 2 unspecified atom stereocenters. The molecule has 4 heterocycles. The number of hydrogen-bond donors (Lipinski definition) is 2. The van der Waals surface area contributed by atoms with Gasteiger partial charge in [0, 0.05) is 29.6 Å². The van der Waals surface area contributed by atoms with E-state index in [1.807, 2.05) is 18.2 Å². The summed E-state index contributed by atoms with van der Waals surface area (Å²) in [4.78, 5) is 30.3. The number of nitrogens with one attached hydrogen (secondary N) is 2. The Kier molecular flexibility index (Phi) is 6.90. The van der Waals surface area contributed by atoms with Gasteiger partial charge in [0.1, 0.15) is 11.5 Å². The molecule has 3 aromatic heterocycles. The average Bonchev–Trinajstić information content (AvgIpc) is 3.72. The molecule has 42 heavy (non-hydrogen) atoms. The number of hydrogen-bond acceptors (Lipinski definition) is 7. The molecule has 1 saturated heterocycles. The molecule has 2 atom stereocenters. The van der Waals surface area contributed by atoms with Crippen molar-refractivity contribution in [1.82, 2.24) is 19.7 Å². The highest BCUT2D eigenvalue weighted by Gasteiger charge is 2.39. The number of amides is 1. The van der Waals surface area contributed by atoms with Gasteiger partial charge in [-0.2, -0.15) is 5.10 Å². The summed E-state index contributed by atoms with van der Waals surface area (Å²) < 4.78 is 16.3. The van der Waals surface area contributed by atoms with Gasteiger partial charge in [0.25, 0.3) is 11.5 Å². The summed E-state index contributed by atoms with van der Waals surface area (Å²) in [5.41, 5.74) is 3.84. The zero-order valence-corrected chi connectivity index (χ0v) is 24.5. The van der Waals surface area contributed by atoms with E-state index in [2.05, 4.69) is 32.8 Å². The molecule has 216 valence electrons. The molecule has 3 aliphatic rings. The summed E-state index contributed by atoms with van der Waals surface area (Å²) in [6.07, 6.45) is 7.39. The van der Waals surface area contributed by atoms with Gasteiger partial charge in [-0.05, 0) is 112 Å². The summed E-state index contributed by atoms with van der Waals surface area (Å²) in [6, 6.07) is 12.1. The Labute approximate surface area is 247 Å². The Morgan fingerprint density at radius 1 is 0.929 bits per heavy atom. The number of pyridine rings is 1. The molecule has 1 amide bonds. The lowest BCUT2D eigenvalue weighted by molar-refractivity contribution is 0.103. The van der Waals surface area contributed by atoms with E-state index in [1.165, 1.54) is 40.3 Å². The van der Waals surface area contributed by atoms with Crippen molar-refractivity contribution in [3.05, 3.63) is 85.8 Å². The van der Waals surface area contributed by atoms with Crippen molar-refractivity contribution in [2.75, 3.05) is 30.8 Å². The fourth-order valence-corrected chi connectivity index (χ4v) is 7.98. The number of likely N-dealkylation sites (tertiary alicyclic amines) is 1. The second kappa shape index (κ2) is 10.7. The second-order valence-corrected chi connectivity index (χ2v) is 13.0. The van der Waals surface area contributed by atoms with Crippen LogP contribution in [-0.2, 0) is 7.05 Å². The van der Waals surface area contributed by atoms with Crippen molar-refractivity contribution in [2.24, 2.45) is 7.05 Å². The third-order valence-electron chi connectivity index (χ3n) is 9.07. The van der Waals surface area contributed by atoms with Crippen LogP contribution in [0.1, 0.15) is 75.7 Å². The lowest BCUT2D eigenvalue weighted by Crippen LogP contribution is -2.29. The molecule has 2 N–H and O–H groups in total. The van der Waals surface area contributed by atoms with Crippen molar-refractivity contribution >= 4 is 34.4 Å². The van der Waals surface area contributed by atoms with Crippen molar-refractivity contribution in [1.29, 1.82) is 0 Å². The topological polar surface area (TPSA) is 92.2 Å². The monoisotopic (exact) mass is 584 g/mol. The first-order valence-corrected chi connectivity index (χ1v) is 15.4. The Bertz CT molecular complexity index is 1700. The van der Waals surface area contributed by atoms with Crippen LogP contribution < -0.4 is 16.2 Å². The van der Waals surface area contributed by atoms with Gasteiger partial charge in [0.05, 0.1) is 16.3 Å². The normalized spacial score (nSPS) is 20.1. The number of carbonyl (C=O) groups excluding carboxylic acids is 1. The van der Waals surface area contributed by atoms with Crippen LogP contribution in [-0.4, -0.2) is 45.7 Å². The van der Waals surface area contributed by atoms with Crippen LogP contribution in [0, 0.1) is 5.82 Å². The molecule has 0 radical (unpaired) electrons. The summed E-state index contributed by atoms with van der Waals surface area (Å²) in [7, 11) is 3.80. The predicted molar refractivity (Wildman–Crippen MR) is 163 cm³/mol. The molecule has 4 aromatic rings. The molecule has 1 saturated carbocycles. The number of nitrogens with zero attached hydrogens (tertiary/aromatic N) is 4. The highest BCUT2D eigenvalue weighted by molar-refractivity contribution is 7.14. The number of rotatable bonds is 6. The van der Waals surface area contributed by atoms with Crippen LogP contribution in [0.15, 0.2) is 53.5 Å². The predicted octanol–water partition coefficient (Wildman–Crippen LogP) is 6.21. The van der Waals surface area contributed by atoms with E-state index >= 15 is 0 Å². The largest absolute Gasteiger partial charge is 0.334 e. The van der Waals surface area contributed by atoms with Crippen LogP contribution in [0.2, 0.25) is 0 Å². The number of fused-ring (bicyclic) bond motifs is 5. The summed E-state index contributed by atoms with van der Waals surface area (Å²) in [5, 5.41) is 14.7. The van der Waals surface area contributed by atoms with Crippen LogP contribution in [0.5, 0.6) is 0 Å². The van der Waals surface area contributed by atoms with E-state index in [1.54, 1.807) is 42.8 Å². The molecule has 1 aromatic carbocycles. The number of benzene rings is 1. The highest BCUT2D eigenvalue weighted by atomic mass is 32.1. The van der Waals surface area contributed by atoms with E-state index in [4.69, 9.17) is 0 Å². The zero-order chi connectivity index (χ0) is 29.0. The number of piperidine rings is 1. The van der Waals surface area contributed by atoms with Crippen LogP contribution in [0.25, 0.3) is 11.1 Å². The number of halogens is 1. The van der Waals surface area contributed by atoms with E-state index < -0.39 is 5.82 Å². The minimum absolute atomic E-state index is 0.104. The Balaban J connectivity index is 1.10. The van der Waals surface area contributed by atoms with Crippen molar-refractivity contribution in [2.45, 2.75) is 49.9 Å². The van der Waals surface area contributed by atoms with Gasteiger partial charge >= 0.3 is 0 Å². The van der Waals surface area contributed by atoms with Crippen LogP contribution in [0.4, 0.5) is 21.6 Å². The first-order chi connectivity index (χ1) is 20.3. The molecule has 2 aliphatic carbocycles. The molecule has 2 bridgehead atoms. The second-order valence-electron chi connectivity index (χ2n) is 11.9. The van der Waals surface area contributed by atoms with Gasteiger partial charge in [-0.25, -0.2) is 4.39 Å². The number of aryl methyl sites for hydroxylation is 1. The van der Waals surface area contributed by atoms with E-state index in [9.17, 15) is 14.0 Å². The fraction of sp³-hybridized carbons (Fsp3) is 0.375. The molecule has 0 spiro atoms. The van der Waals surface area contributed by atoms with Gasteiger partial charge in [-0.1, -0.05) is 6.07 Å². The maximum Gasteiger partial charge on any atom is 0.274 e. The highest BCUT2D eigenvalue weighted by Crippen LogP contribution is 2.56. The third-order valence-corrected chi connectivity index (χ3v) is 10.4. The standard InChI is InChI=1S/C32H33FN6O2S/c1-38-11-9-18(10-12-38)25-7-8-29(37-36-25)34-27-15-22(17-39(2)32(27)41)19-5-6-24(33)26(14-19)35-31(40)28-16-23-20-3-4-21(13-20)30(23)42-28/h5-8,14-18,20-21H,3-4,9-13H2,1-2H3,(H,34,37)(H,35,40). The lowest BCUT2D eigenvalue weighted by atomic mass is 9.94. The van der Waals surface area contributed by atoms with Crippen molar-refractivity contribution in [3.8, 4) is 11.1 Å². The molecule has 10 heteroatoms. The third kappa shape index (κ3) is 5.03. The van der Waals surface area contributed by atoms with Gasteiger partial charge in [0.2, 0.25) is 0 Å². The number of carbonyl (C=O) groups is 1. The molecule has 1 aliphatic heterocycles. The first-order valence-electron chi connectivity index (χ1n) is 14.6. The zero-order valence-electron chi connectivity index (χ0n) is 23.7. The van der Waals surface area contributed by atoms with Gasteiger partial charge in [0.15, 0.2) is 5.82 Å². The SMILES string of the molecule is CN1CCC(c2ccc(Nc3cc(-c4ccc(F)c(NC(=O)c5cc6c(s5)C5CCC6C5)c4)cn(C)c3=O)nn2)CC1. The number of anilines is 3. The van der Waals surface area contributed by atoms with Gasteiger partial charge in [-0.15, -0.1) is 16.4 Å². The van der Waals surface area contributed by atoms with E-state index in [0.29, 0.717) is 45.3 Å². The van der Waals surface area contributed by atoms with Gasteiger partial charge in [-0.3, -0.25) is 9.59 Å². The fourth-order valence-electron chi connectivity index (χ4n) is 6.68. The molecule has 7 rings (SSSR count). The Morgan fingerprint density at radius 2 is 1.71 bits per heavy atom.